The maximum atomic E-state index is 13.4. The summed E-state index contributed by atoms with van der Waals surface area (Å²) in [4.78, 5) is 15.5. The molecule has 2 aliphatic rings. The number of hydrogen-bond acceptors (Lipinski definition) is 1. The van der Waals surface area contributed by atoms with Crippen LogP contribution in [0.3, 0.4) is 0 Å². The summed E-state index contributed by atoms with van der Waals surface area (Å²) in [6.07, 6.45) is 7.35. The van der Waals surface area contributed by atoms with Gasteiger partial charge >= 0.3 is 0 Å². The van der Waals surface area contributed by atoms with Gasteiger partial charge in [-0.3, -0.25) is 4.79 Å². The summed E-state index contributed by atoms with van der Waals surface area (Å²) in [6, 6.07) is 10.6. The van der Waals surface area contributed by atoms with E-state index < -0.39 is 0 Å². The molecule has 1 fully saturated rings. The first-order valence-corrected chi connectivity index (χ1v) is 9.47. The zero-order valence-corrected chi connectivity index (χ0v) is 15.6. The smallest absolute Gasteiger partial charge is 0.230 e. The molecule has 2 heterocycles. The van der Waals surface area contributed by atoms with E-state index in [9.17, 15) is 4.79 Å². The molecule has 1 aromatic heterocycles. The van der Waals surface area contributed by atoms with E-state index in [-0.39, 0.29) is 5.92 Å². The molecule has 2 aromatic rings. The molecule has 1 saturated carbocycles. The highest BCUT2D eigenvalue weighted by atomic mass is 16.2. The van der Waals surface area contributed by atoms with Crippen LogP contribution in [0.1, 0.15) is 56.4 Å². The third-order valence-corrected chi connectivity index (χ3v) is 6.22. The van der Waals surface area contributed by atoms with Crippen LogP contribution in [0.15, 0.2) is 36.5 Å². The SMILES string of the molecule is Cn1ccc2c1Cc1ccccc1N(C(=O)C1CCC(C)(C)CC1)C2. The highest BCUT2D eigenvalue weighted by Crippen LogP contribution is 2.40. The summed E-state index contributed by atoms with van der Waals surface area (Å²) in [5.74, 6) is 0.492. The molecule has 1 amide bonds. The Morgan fingerprint density at radius 1 is 1.08 bits per heavy atom. The second-order valence-corrected chi connectivity index (χ2v) is 8.57. The number of nitrogens with zero attached hydrogens (tertiary/aromatic N) is 2. The van der Waals surface area contributed by atoms with Gasteiger partial charge in [-0.2, -0.15) is 0 Å². The van der Waals surface area contributed by atoms with Gasteiger partial charge in [0, 0.05) is 37.0 Å². The summed E-state index contributed by atoms with van der Waals surface area (Å²) >= 11 is 0. The van der Waals surface area contributed by atoms with Crippen molar-refractivity contribution in [3.63, 3.8) is 0 Å². The summed E-state index contributed by atoms with van der Waals surface area (Å²) < 4.78 is 2.20. The van der Waals surface area contributed by atoms with Crippen LogP contribution in [-0.2, 0) is 24.8 Å². The number of benzene rings is 1. The molecule has 0 radical (unpaired) electrons. The average molecular weight is 336 g/mol. The van der Waals surface area contributed by atoms with Gasteiger partial charge in [0.25, 0.3) is 0 Å². The van der Waals surface area contributed by atoms with Gasteiger partial charge in [0.2, 0.25) is 5.91 Å². The number of carbonyl (C=O) groups is 1. The number of rotatable bonds is 1. The Hall–Kier alpha value is -2.03. The number of amides is 1. The van der Waals surface area contributed by atoms with Crippen molar-refractivity contribution in [2.24, 2.45) is 18.4 Å². The summed E-state index contributed by atoms with van der Waals surface area (Å²) in [7, 11) is 2.10. The second kappa shape index (κ2) is 6.05. The van der Waals surface area contributed by atoms with Gasteiger partial charge in [0.05, 0.1) is 6.54 Å². The highest BCUT2D eigenvalue weighted by molar-refractivity contribution is 5.96. The van der Waals surface area contributed by atoms with Crippen LogP contribution in [0.2, 0.25) is 0 Å². The molecule has 1 aromatic carbocycles. The summed E-state index contributed by atoms with van der Waals surface area (Å²) in [6.45, 7) is 5.35. The van der Waals surface area contributed by atoms with Crippen molar-refractivity contribution in [2.45, 2.75) is 52.5 Å². The van der Waals surface area contributed by atoms with Crippen molar-refractivity contribution in [1.82, 2.24) is 4.57 Å². The van der Waals surface area contributed by atoms with Crippen molar-refractivity contribution in [3.8, 4) is 0 Å². The summed E-state index contributed by atoms with van der Waals surface area (Å²) in [5.41, 5.74) is 5.36. The third kappa shape index (κ3) is 3.01. The zero-order valence-electron chi connectivity index (χ0n) is 15.6. The Morgan fingerprint density at radius 2 is 1.80 bits per heavy atom. The maximum absolute atomic E-state index is 13.4. The van der Waals surface area contributed by atoms with Crippen molar-refractivity contribution in [1.29, 1.82) is 0 Å². The largest absolute Gasteiger partial charge is 0.354 e. The number of carbonyl (C=O) groups excluding carboxylic acids is 1. The predicted molar refractivity (Wildman–Crippen MR) is 102 cm³/mol. The van der Waals surface area contributed by atoms with Gasteiger partial charge in [-0.25, -0.2) is 0 Å². The van der Waals surface area contributed by atoms with Gasteiger partial charge < -0.3 is 9.47 Å². The molecule has 0 saturated heterocycles. The maximum Gasteiger partial charge on any atom is 0.230 e. The Bertz CT molecular complexity index is 792. The molecule has 25 heavy (non-hydrogen) atoms. The van der Waals surface area contributed by atoms with E-state index in [1.54, 1.807) is 0 Å². The topological polar surface area (TPSA) is 25.2 Å². The number of aryl methyl sites for hydroxylation is 1. The molecule has 1 aliphatic carbocycles. The third-order valence-electron chi connectivity index (χ3n) is 6.22. The van der Waals surface area contributed by atoms with E-state index in [0.29, 0.717) is 17.9 Å². The molecule has 4 rings (SSSR count). The first-order valence-electron chi connectivity index (χ1n) is 9.47. The van der Waals surface area contributed by atoms with E-state index in [1.807, 2.05) is 0 Å². The van der Waals surface area contributed by atoms with E-state index in [2.05, 4.69) is 66.9 Å². The van der Waals surface area contributed by atoms with Gasteiger partial charge in [0.1, 0.15) is 0 Å². The van der Waals surface area contributed by atoms with Crippen molar-refractivity contribution in [3.05, 3.63) is 53.3 Å². The molecule has 3 nitrogen and oxygen atoms in total. The van der Waals surface area contributed by atoms with Crippen LogP contribution in [-0.4, -0.2) is 10.5 Å². The fourth-order valence-electron chi connectivity index (χ4n) is 4.42. The second-order valence-electron chi connectivity index (χ2n) is 8.57. The number of para-hydroxylation sites is 1. The lowest BCUT2D eigenvalue weighted by Crippen LogP contribution is -2.38. The molecule has 0 atom stereocenters. The molecule has 0 N–H and O–H groups in total. The normalized spacial score (nSPS) is 19.9. The molecule has 3 heteroatoms. The van der Waals surface area contributed by atoms with E-state index in [1.165, 1.54) is 16.8 Å². The minimum atomic E-state index is 0.173. The van der Waals surface area contributed by atoms with Crippen molar-refractivity contribution >= 4 is 11.6 Å². The first-order chi connectivity index (χ1) is 11.9. The lowest BCUT2D eigenvalue weighted by Gasteiger charge is -2.36. The average Bonchev–Trinajstić information content (AvgIpc) is 2.84. The monoisotopic (exact) mass is 336 g/mol. The molecule has 132 valence electrons. The quantitative estimate of drug-likeness (QED) is 0.742. The van der Waals surface area contributed by atoms with E-state index in [4.69, 9.17) is 0 Å². The minimum Gasteiger partial charge on any atom is -0.354 e. The van der Waals surface area contributed by atoms with Crippen LogP contribution in [0.5, 0.6) is 0 Å². The Balaban J connectivity index is 1.67. The fourth-order valence-corrected chi connectivity index (χ4v) is 4.42. The zero-order chi connectivity index (χ0) is 17.6. The molecular weight excluding hydrogens is 308 g/mol. The van der Waals surface area contributed by atoms with Crippen LogP contribution < -0.4 is 4.90 Å². The van der Waals surface area contributed by atoms with Gasteiger partial charge in [-0.1, -0.05) is 32.0 Å². The van der Waals surface area contributed by atoms with Gasteiger partial charge in [0.15, 0.2) is 0 Å². The molecule has 1 aliphatic heterocycles. The Labute approximate surface area is 150 Å². The predicted octanol–water partition coefficient (Wildman–Crippen LogP) is 4.68. The lowest BCUT2D eigenvalue weighted by molar-refractivity contribution is -0.124. The van der Waals surface area contributed by atoms with Crippen LogP contribution >= 0.6 is 0 Å². The molecule has 0 bridgehead atoms. The first kappa shape index (κ1) is 16.4. The number of fused-ring (bicyclic) bond motifs is 2. The van der Waals surface area contributed by atoms with E-state index >= 15 is 0 Å². The van der Waals surface area contributed by atoms with Crippen LogP contribution in [0.25, 0.3) is 0 Å². The standard InChI is InChI=1S/C22H28N2O/c1-22(2)11-8-16(9-12-22)21(25)24-15-18-10-13-23(3)20(18)14-17-6-4-5-7-19(17)24/h4-7,10,13,16H,8-9,11-12,14-15H2,1-3H3. The highest BCUT2D eigenvalue weighted by Gasteiger charge is 2.35. The van der Waals surface area contributed by atoms with Gasteiger partial charge in [-0.05, 0) is 54.4 Å². The van der Waals surface area contributed by atoms with Crippen LogP contribution in [0.4, 0.5) is 5.69 Å². The Morgan fingerprint density at radius 3 is 2.56 bits per heavy atom. The van der Waals surface area contributed by atoms with Crippen molar-refractivity contribution < 1.29 is 4.79 Å². The minimum absolute atomic E-state index is 0.173. The Kier molecular flexibility index (Phi) is 3.98. The van der Waals surface area contributed by atoms with E-state index in [0.717, 1.165) is 37.8 Å². The molecule has 0 unspecified atom stereocenters. The van der Waals surface area contributed by atoms with Crippen LogP contribution in [0, 0.1) is 11.3 Å². The molecule has 0 spiro atoms. The fraction of sp³-hybridized carbons (Fsp3) is 0.500. The summed E-state index contributed by atoms with van der Waals surface area (Å²) in [5, 5.41) is 0. The molecular formula is C22H28N2O. The number of hydrogen-bond donors (Lipinski definition) is 0. The van der Waals surface area contributed by atoms with Gasteiger partial charge in [-0.15, -0.1) is 0 Å². The van der Waals surface area contributed by atoms with Crippen molar-refractivity contribution in [2.75, 3.05) is 4.90 Å². The lowest BCUT2D eigenvalue weighted by atomic mass is 9.73. The number of aromatic nitrogens is 1. The number of anilines is 1.